The van der Waals surface area contributed by atoms with Crippen molar-refractivity contribution in [3.8, 4) is 23.0 Å². The van der Waals surface area contributed by atoms with Crippen LogP contribution in [0.4, 0.5) is 0 Å². The Kier molecular flexibility index (Phi) is 4.05. The van der Waals surface area contributed by atoms with Gasteiger partial charge in [0.25, 0.3) is 0 Å². The lowest BCUT2D eigenvalue weighted by Gasteiger charge is -2.38. The number of nitrogens with zero attached hydrogens (tertiary/aromatic N) is 2. The first kappa shape index (κ1) is 17.4. The molecule has 0 aliphatic carbocycles. The molecule has 3 aromatic carbocycles. The van der Waals surface area contributed by atoms with Gasteiger partial charge in [-0.05, 0) is 36.4 Å². The molecule has 0 saturated carbocycles. The van der Waals surface area contributed by atoms with Crippen LogP contribution in [0.5, 0.6) is 23.0 Å². The monoisotopic (exact) mass is 388 g/mol. The fraction of sp³-hybridized carbons (Fsp3) is 0.174. The largest absolute Gasteiger partial charge is 0.507 e. The normalized spacial score (nSPS) is 19.8. The first-order valence-corrected chi connectivity index (χ1v) is 9.42. The van der Waals surface area contributed by atoms with Crippen LogP contribution in [-0.4, -0.2) is 28.0 Å². The number of aromatic hydroxyl groups is 2. The first-order chi connectivity index (χ1) is 14.2. The van der Waals surface area contributed by atoms with E-state index in [2.05, 4.69) is 0 Å². The summed E-state index contributed by atoms with van der Waals surface area (Å²) in [5, 5.41) is 27.3. The van der Waals surface area contributed by atoms with E-state index in [1.807, 2.05) is 47.5 Å². The van der Waals surface area contributed by atoms with Gasteiger partial charge in [-0.2, -0.15) is 5.10 Å². The number of ether oxygens (including phenoxy) is 2. The van der Waals surface area contributed by atoms with Gasteiger partial charge in [0.2, 0.25) is 6.23 Å². The van der Waals surface area contributed by atoms with Crippen molar-refractivity contribution in [1.29, 1.82) is 0 Å². The standard InChI is InChI=1S/C23H20N2O4/c1-28-22-11-10-14(12-20(22)27)23-25-18(16-7-3-5-9-21(16)29-23)13-17(24-25)15-6-2-4-8-19(15)26/h2-12,18,23,26-27H,13H2,1H3/t18-,23-/m1/s1. The van der Waals surface area contributed by atoms with E-state index in [1.165, 1.54) is 7.11 Å². The third kappa shape index (κ3) is 2.84. The minimum absolute atomic E-state index is 0.0243. The van der Waals surface area contributed by atoms with Crippen LogP contribution in [0.2, 0.25) is 0 Å². The molecule has 0 spiro atoms. The summed E-state index contributed by atoms with van der Waals surface area (Å²) >= 11 is 0. The lowest BCUT2D eigenvalue weighted by Crippen LogP contribution is -2.33. The van der Waals surface area contributed by atoms with Gasteiger partial charge in [0.05, 0.1) is 18.9 Å². The topological polar surface area (TPSA) is 74.5 Å². The summed E-state index contributed by atoms with van der Waals surface area (Å²) in [4.78, 5) is 0. The Morgan fingerprint density at radius 2 is 1.79 bits per heavy atom. The molecule has 0 unspecified atom stereocenters. The third-order valence-corrected chi connectivity index (χ3v) is 5.40. The van der Waals surface area contributed by atoms with E-state index < -0.39 is 6.23 Å². The molecule has 6 heteroatoms. The van der Waals surface area contributed by atoms with E-state index in [0.29, 0.717) is 12.2 Å². The van der Waals surface area contributed by atoms with Crippen molar-refractivity contribution >= 4 is 5.71 Å². The molecule has 0 amide bonds. The minimum atomic E-state index is -0.505. The van der Waals surface area contributed by atoms with Crippen LogP contribution in [0.15, 0.2) is 71.8 Å². The Hall–Kier alpha value is -3.67. The van der Waals surface area contributed by atoms with Gasteiger partial charge in [-0.1, -0.05) is 30.3 Å². The second-order valence-corrected chi connectivity index (χ2v) is 7.10. The molecular formula is C23H20N2O4. The van der Waals surface area contributed by atoms with Gasteiger partial charge in [-0.15, -0.1) is 0 Å². The molecular weight excluding hydrogens is 368 g/mol. The number of phenols is 2. The van der Waals surface area contributed by atoms with E-state index in [4.69, 9.17) is 14.6 Å². The van der Waals surface area contributed by atoms with E-state index in [1.54, 1.807) is 24.3 Å². The summed E-state index contributed by atoms with van der Waals surface area (Å²) in [6, 6.07) is 20.3. The number of fused-ring (bicyclic) bond motifs is 3. The zero-order valence-electron chi connectivity index (χ0n) is 15.8. The van der Waals surface area contributed by atoms with Crippen molar-refractivity contribution in [3.05, 3.63) is 83.4 Å². The van der Waals surface area contributed by atoms with Gasteiger partial charge >= 0.3 is 0 Å². The fourth-order valence-electron chi connectivity index (χ4n) is 4.00. The summed E-state index contributed by atoms with van der Waals surface area (Å²) in [6.45, 7) is 0. The van der Waals surface area contributed by atoms with Crippen molar-refractivity contribution in [2.24, 2.45) is 5.10 Å². The van der Waals surface area contributed by atoms with Gasteiger partial charge in [0.1, 0.15) is 11.5 Å². The number of phenolic OH excluding ortho intramolecular Hbond substituents is 2. The van der Waals surface area contributed by atoms with Gasteiger partial charge < -0.3 is 19.7 Å². The maximum absolute atomic E-state index is 10.3. The number of methoxy groups -OCH3 is 1. The predicted octanol–water partition coefficient (Wildman–Crippen LogP) is 4.35. The van der Waals surface area contributed by atoms with Gasteiger partial charge in [0, 0.05) is 23.1 Å². The number of hydrogen-bond acceptors (Lipinski definition) is 6. The highest BCUT2D eigenvalue weighted by Crippen LogP contribution is 2.48. The smallest absolute Gasteiger partial charge is 0.214 e. The maximum atomic E-state index is 10.3. The molecule has 0 radical (unpaired) electrons. The molecule has 2 aliphatic rings. The Labute approximate surface area is 168 Å². The Balaban J connectivity index is 1.60. The molecule has 0 aromatic heterocycles. The van der Waals surface area contributed by atoms with E-state index in [9.17, 15) is 10.2 Å². The molecule has 2 aliphatic heterocycles. The second-order valence-electron chi connectivity index (χ2n) is 7.10. The predicted molar refractivity (Wildman–Crippen MR) is 108 cm³/mol. The van der Waals surface area contributed by atoms with Crippen LogP contribution in [0.1, 0.15) is 35.4 Å². The highest BCUT2D eigenvalue weighted by Gasteiger charge is 2.41. The van der Waals surface area contributed by atoms with Crippen molar-refractivity contribution in [1.82, 2.24) is 5.01 Å². The molecule has 146 valence electrons. The van der Waals surface area contributed by atoms with Crippen LogP contribution in [-0.2, 0) is 0 Å². The first-order valence-electron chi connectivity index (χ1n) is 9.42. The van der Waals surface area contributed by atoms with Crippen molar-refractivity contribution in [2.45, 2.75) is 18.7 Å². The number of hydrogen-bond donors (Lipinski definition) is 2. The summed E-state index contributed by atoms with van der Waals surface area (Å²) in [6.07, 6.45) is 0.145. The Bertz CT molecular complexity index is 1110. The van der Waals surface area contributed by atoms with Gasteiger partial charge in [0.15, 0.2) is 11.5 Å². The molecule has 5 rings (SSSR count). The maximum Gasteiger partial charge on any atom is 0.214 e. The van der Waals surface area contributed by atoms with Crippen LogP contribution in [0, 0.1) is 0 Å². The lowest BCUT2D eigenvalue weighted by molar-refractivity contribution is -0.0191. The van der Waals surface area contributed by atoms with E-state index >= 15 is 0 Å². The second kappa shape index (κ2) is 6.74. The molecule has 0 bridgehead atoms. The number of hydrazone groups is 1. The van der Waals surface area contributed by atoms with Gasteiger partial charge in [-0.3, -0.25) is 0 Å². The highest BCUT2D eigenvalue weighted by atomic mass is 16.5. The van der Waals surface area contributed by atoms with E-state index in [-0.39, 0.29) is 17.5 Å². The summed E-state index contributed by atoms with van der Waals surface area (Å²) in [5.74, 6) is 1.45. The summed E-state index contributed by atoms with van der Waals surface area (Å²) in [5.41, 5.74) is 3.34. The quantitative estimate of drug-likeness (QED) is 0.698. The number of benzene rings is 3. The molecule has 3 aromatic rings. The minimum Gasteiger partial charge on any atom is -0.507 e. The SMILES string of the molecule is COc1ccc([C@H]2Oc3ccccc3[C@H]3CC(c4ccccc4O)=NN32)cc1O. The number of rotatable bonds is 3. The average molecular weight is 388 g/mol. The van der Waals surface area contributed by atoms with Crippen molar-refractivity contribution < 1.29 is 19.7 Å². The average Bonchev–Trinajstić information content (AvgIpc) is 3.19. The number of para-hydroxylation sites is 2. The van der Waals surface area contributed by atoms with Crippen LogP contribution in [0.3, 0.4) is 0 Å². The van der Waals surface area contributed by atoms with Crippen molar-refractivity contribution in [3.63, 3.8) is 0 Å². The van der Waals surface area contributed by atoms with Gasteiger partial charge in [-0.25, -0.2) is 5.01 Å². The zero-order valence-corrected chi connectivity index (χ0v) is 15.8. The van der Waals surface area contributed by atoms with Crippen LogP contribution < -0.4 is 9.47 Å². The molecule has 0 saturated heterocycles. The van der Waals surface area contributed by atoms with Crippen molar-refractivity contribution in [2.75, 3.05) is 7.11 Å². The molecule has 2 atom stereocenters. The zero-order chi connectivity index (χ0) is 20.0. The molecule has 2 heterocycles. The highest BCUT2D eigenvalue weighted by molar-refractivity contribution is 6.04. The Morgan fingerprint density at radius 1 is 1.00 bits per heavy atom. The molecule has 0 fully saturated rings. The fourth-order valence-corrected chi connectivity index (χ4v) is 4.00. The summed E-state index contributed by atoms with van der Waals surface area (Å²) in [7, 11) is 1.52. The summed E-state index contributed by atoms with van der Waals surface area (Å²) < 4.78 is 11.4. The van der Waals surface area contributed by atoms with Crippen LogP contribution >= 0.6 is 0 Å². The van der Waals surface area contributed by atoms with Crippen LogP contribution in [0.25, 0.3) is 0 Å². The Morgan fingerprint density at radius 3 is 2.59 bits per heavy atom. The molecule has 2 N–H and O–H groups in total. The third-order valence-electron chi connectivity index (χ3n) is 5.40. The lowest BCUT2D eigenvalue weighted by atomic mass is 9.95. The molecule has 6 nitrogen and oxygen atoms in total. The molecule has 29 heavy (non-hydrogen) atoms. The van der Waals surface area contributed by atoms with E-state index in [0.717, 1.165) is 28.2 Å².